The first-order chi connectivity index (χ1) is 10.9. The molecule has 1 aromatic rings. The molecule has 0 saturated carbocycles. The molecule has 2 N–H and O–H groups in total. The van der Waals surface area contributed by atoms with E-state index in [2.05, 4.69) is 19.9 Å². The summed E-state index contributed by atoms with van der Waals surface area (Å²) < 4.78 is 5.73. The van der Waals surface area contributed by atoms with Gasteiger partial charge < -0.3 is 15.4 Å². The summed E-state index contributed by atoms with van der Waals surface area (Å²) in [6.45, 7) is 7.40. The van der Waals surface area contributed by atoms with Gasteiger partial charge in [-0.05, 0) is 42.9 Å². The summed E-state index contributed by atoms with van der Waals surface area (Å²) in [5.41, 5.74) is 7.53. The Balaban J connectivity index is 1.90. The van der Waals surface area contributed by atoms with Crippen LogP contribution < -0.4 is 10.5 Å². The zero-order valence-electron chi connectivity index (χ0n) is 14.2. The lowest BCUT2D eigenvalue weighted by Gasteiger charge is -2.30. The van der Waals surface area contributed by atoms with E-state index in [1.165, 1.54) is 5.56 Å². The number of ether oxygens (including phenoxy) is 1. The SMILES string of the molecule is Cc1ccc(C(C)C)cc1OCC(=O)N1CCC(C(N)=O)CC1. The van der Waals surface area contributed by atoms with Gasteiger partial charge in [-0.3, -0.25) is 9.59 Å². The lowest BCUT2D eigenvalue weighted by Crippen LogP contribution is -2.43. The Bertz CT molecular complexity index is 576. The third-order valence-electron chi connectivity index (χ3n) is 4.48. The quantitative estimate of drug-likeness (QED) is 0.905. The summed E-state index contributed by atoms with van der Waals surface area (Å²) in [7, 11) is 0. The Labute approximate surface area is 137 Å². The highest BCUT2D eigenvalue weighted by molar-refractivity contribution is 5.79. The van der Waals surface area contributed by atoms with Crippen molar-refractivity contribution in [1.82, 2.24) is 4.90 Å². The molecule has 1 heterocycles. The van der Waals surface area contributed by atoms with Gasteiger partial charge in [-0.1, -0.05) is 26.0 Å². The van der Waals surface area contributed by atoms with Crippen molar-refractivity contribution in [2.24, 2.45) is 11.7 Å². The van der Waals surface area contributed by atoms with E-state index in [1.807, 2.05) is 19.1 Å². The number of likely N-dealkylation sites (tertiary alicyclic amines) is 1. The van der Waals surface area contributed by atoms with E-state index in [-0.39, 0.29) is 24.3 Å². The molecule has 23 heavy (non-hydrogen) atoms. The molecular weight excluding hydrogens is 292 g/mol. The number of amides is 2. The first-order valence-electron chi connectivity index (χ1n) is 8.19. The summed E-state index contributed by atoms with van der Waals surface area (Å²) in [6, 6.07) is 6.11. The van der Waals surface area contributed by atoms with Crippen molar-refractivity contribution in [3.63, 3.8) is 0 Å². The predicted molar refractivity (Wildman–Crippen MR) is 89.3 cm³/mol. The van der Waals surface area contributed by atoms with Crippen LogP contribution in [0.15, 0.2) is 18.2 Å². The molecule has 0 aromatic heterocycles. The third kappa shape index (κ3) is 4.47. The number of rotatable bonds is 5. The molecule has 0 spiro atoms. The minimum atomic E-state index is -0.269. The number of primary amides is 1. The molecule has 0 atom stereocenters. The van der Waals surface area contributed by atoms with Crippen molar-refractivity contribution in [3.05, 3.63) is 29.3 Å². The van der Waals surface area contributed by atoms with Gasteiger partial charge in [0.05, 0.1) is 0 Å². The van der Waals surface area contributed by atoms with Crippen LogP contribution in [0.5, 0.6) is 5.75 Å². The normalized spacial score (nSPS) is 15.7. The van der Waals surface area contributed by atoms with Crippen LogP contribution >= 0.6 is 0 Å². The first-order valence-corrected chi connectivity index (χ1v) is 8.19. The number of hydrogen-bond acceptors (Lipinski definition) is 3. The van der Waals surface area contributed by atoms with E-state index in [4.69, 9.17) is 10.5 Å². The summed E-state index contributed by atoms with van der Waals surface area (Å²) in [5.74, 6) is 0.764. The fourth-order valence-corrected chi connectivity index (χ4v) is 2.78. The Morgan fingerprint density at radius 2 is 1.96 bits per heavy atom. The number of nitrogens with zero attached hydrogens (tertiary/aromatic N) is 1. The minimum Gasteiger partial charge on any atom is -0.483 e. The topological polar surface area (TPSA) is 72.6 Å². The van der Waals surface area contributed by atoms with Gasteiger partial charge >= 0.3 is 0 Å². The summed E-state index contributed by atoms with van der Waals surface area (Å²) >= 11 is 0. The fourth-order valence-electron chi connectivity index (χ4n) is 2.78. The van der Waals surface area contributed by atoms with Gasteiger partial charge in [-0.25, -0.2) is 0 Å². The van der Waals surface area contributed by atoms with Crippen LogP contribution in [0, 0.1) is 12.8 Å². The molecule has 1 saturated heterocycles. The van der Waals surface area contributed by atoms with Crippen molar-refractivity contribution in [3.8, 4) is 5.75 Å². The van der Waals surface area contributed by atoms with Crippen LogP contribution in [0.2, 0.25) is 0 Å². The molecular formula is C18H26N2O3. The van der Waals surface area contributed by atoms with Gasteiger partial charge in [-0.2, -0.15) is 0 Å². The second-order valence-corrected chi connectivity index (χ2v) is 6.53. The Kier molecular flexibility index (Phi) is 5.64. The zero-order valence-corrected chi connectivity index (χ0v) is 14.2. The largest absolute Gasteiger partial charge is 0.483 e. The van der Waals surface area contributed by atoms with Gasteiger partial charge in [0.25, 0.3) is 5.91 Å². The highest BCUT2D eigenvalue weighted by Gasteiger charge is 2.26. The molecule has 2 amide bonds. The van der Waals surface area contributed by atoms with E-state index in [9.17, 15) is 9.59 Å². The third-order valence-corrected chi connectivity index (χ3v) is 4.48. The van der Waals surface area contributed by atoms with Crippen molar-refractivity contribution in [1.29, 1.82) is 0 Å². The number of aryl methyl sites for hydroxylation is 1. The van der Waals surface area contributed by atoms with Crippen molar-refractivity contribution >= 4 is 11.8 Å². The van der Waals surface area contributed by atoms with E-state index >= 15 is 0 Å². The highest BCUT2D eigenvalue weighted by Crippen LogP contribution is 2.24. The van der Waals surface area contributed by atoms with Crippen LogP contribution in [-0.4, -0.2) is 36.4 Å². The molecule has 0 bridgehead atoms. The minimum absolute atomic E-state index is 0.0314. The average Bonchev–Trinajstić information content (AvgIpc) is 2.53. The van der Waals surface area contributed by atoms with Crippen molar-refractivity contribution in [2.75, 3.05) is 19.7 Å². The smallest absolute Gasteiger partial charge is 0.260 e. The molecule has 1 aliphatic heterocycles. The van der Waals surface area contributed by atoms with Crippen LogP contribution in [0.4, 0.5) is 0 Å². The standard InChI is InChI=1S/C18H26N2O3/c1-12(2)15-5-4-13(3)16(10-15)23-11-17(21)20-8-6-14(7-9-20)18(19)22/h4-5,10,12,14H,6-9,11H2,1-3H3,(H2,19,22). The monoisotopic (exact) mass is 318 g/mol. The maximum atomic E-state index is 12.3. The average molecular weight is 318 g/mol. The fraction of sp³-hybridized carbons (Fsp3) is 0.556. The molecule has 0 aliphatic carbocycles. The van der Waals surface area contributed by atoms with E-state index in [1.54, 1.807) is 4.90 Å². The van der Waals surface area contributed by atoms with Gasteiger partial charge in [0.1, 0.15) is 5.75 Å². The number of piperidine rings is 1. The first kappa shape index (κ1) is 17.3. The zero-order chi connectivity index (χ0) is 17.0. The van der Waals surface area contributed by atoms with Crippen LogP contribution in [0.3, 0.4) is 0 Å². The maximum Gasteiger partial charge on any atom is 0.260 e. The highest BCUT2D eigenvalue weighted by atomic mass is 16.5. The number of carbonyl (C=O) groups excluding carboxylic acids is 2. The molecule has 126 valence electrons. The second-order valence-electron chi connectivity index (χ2n) is 6.53. The van der Waals surface area contributed by atoms with E-state index in [0.29, 0.717) is 31.8 Å². The summed E-state index contributed by atoms with van der Waals surface area (Å²) in [6.07, 6.45) is 1.28. The molecule has 1 aliphatic rings. The Morgan fingerprint density at radius 1 is 1.30 bits per heavy atom. The molecule has 5 heteroatoms. The number of hydrogen-bond donors (Lipinski definition) is 1. The molecule has 0 unspecified atom stereocenters. The maximum absolute atomic E-state index is 12.3. The van der Waals surface area contributed by atoms with Crippen LogP contribution in [0.25, 0.3) is 0 Å². The second kappa shape index (κ2) is 7.49. The number of nitrogens with two attached hydrogens (primary N) is 1. The summed E-state index contributed by atoms with van der Waals surface area (Å²) in [4.78, 5) is 25.2. The Morgan fingerprint density at radius 3 is 2.52 bits per heavy atom. The molecule has 1 fully saturated rings. The van der Waals surface area contributed by atoms with E-state index < -0.39 is 0 Å². The van der Waals surface area contributed by atoms with Crippen LogP contribution in [-0.2, 0) is 9.59 Å². The van der Waals surface area contributed by atoms with Crippen molar-refractivity contribution in [2.45, 2.75) is 39.5 Å². The molecule has 1 aromatic carbocycles. The number of carbonyl (C=O) groups is 2. The molecule has 2 rings (SSSR count). The van der Waals surface area contributed by atoms with E-state index in [0.717, 1.165) is 11.3 Å². The summed E-state index contributed by atoms with van der Waals surface area (Å²) in [5, 5.41) is 0. The Hall–Kier alpha value is -2.04. The number of benzene rings is 1. The predicted octanol–water partition coefficient (Wildman–Crippen LogP) is 2.22. The van der Waals surface area contributed by atoms with Gasteiger partial charge in [-0.15, -0.1) is 0 Å². The van der Waals surface area contributed by atoms with Crippen molar-refractivity contribution < 1.29 is 14.3 Å². The van der Waals surface area contributed by atoms with Gasteiger partial charge in [0.2, 0.25) is 5.91 Å². The van der Waals surface area contributed by atoms with Crippen LogP contribution in [0.1, 0.15) is 43.7 Å². The van der Waals surface area contributed by atoms with Gasteiger partial charge in [0, 0.05) is 19.0 Å². The van der Waals surface area contributed by atoms with Gasteiger partial charge in [0.15, 0.2) is 6.61 Å². The lowest BCUT2D eigenvalue weighted by atomic mass is 9.96. The molecule has 0 radical (unpaired) electrons. The lowest BCUT2D eigenvalue weighted by molar-refractivity contribution is -0.136. The molecule has 5 nitrogen and oxygen atoms in total.